The Morgan fingerprint density at radius 2 is 1.69 bits per heavy atom. The Morgan fingerprint density at radius 3 is 2.28 bits per heavy atom. The van der Waals surface area contributed by atoms with Crippen LogP contribution in [0.4, 0.5) is 0 Å². The van der Waals surface area contributed by atoms with Gasteiger partial charge in [-0.05, 0) is 33.8 Å². The Kier molecular flexibility index (Phi) is 10.3. The average Bonchev–Trinajstić information content (AvgIpc) is 3.05. The summed E-state index contributed by atoms with van der Waals surface area (Å²) in [5, 5.41) is 0. The summed E-state index contributed by atoms with van der Waals surface area (Å²) in [5.41, 5.74) is 0.670. The van der Waals surface area contributed by atoms with Crippen molar-refractivity contribution in [3.8, 4) is 11.5 Å². The summed E-state index contributed by atoms with van der Waals surface area (Å²) in [7, 11) is 0. The highest BCUT2D eigenvalue weighted by Gasteiger charge is 2.32. The minimum atomic E-state index is -0.477. The normalized spacial score (nSPS) is 13.9. The van der Waals surface area contributed by atoms with Crippen LogP contribution in [0.3, 0.4) is 0 Å². The van der Waals surface area contributed by atoms with Gasteiger partial charge in [-0.1, -0.05) is 12.1 Å². The number of hydrogen-bond donors (Lipinski definition) is 1. The topological polar surface area (TPSA) is 103 Å². The lowest BCUT2D eigenvalue weighted by Gasteiger charge is -2.20. The summed E-state index contributed by atoms with van der Waals surface area (Å²) in [5.74, 6) is -0.130. The molecule has 0 saturated carbocycles. The Balaban J connectivity index is 1.84. The molecule has 9 nitrogen and oxygen atoms in total. The monoisotopic (exact) mass is 468 g/mol. The third-order valence-electron chi connectivity index (χ3n) is 4.43. The zero-order chi connectivity index (χ0) is 23.6. The molecule has 1 aliphatic rings. The Hall–Kier alpha value is -2.30. The number of carbonyl (C=O) groups is 3. The van der Waals surface area contributed by atoms with Gasteiger partial charge in [-0.15, -0.1) is 0 Å². The fraction of sp³-hybridized carbons (Fsp3) is 0.591. The van der Waals surface area contributed by atoms with Crippen LogP contribution < -0.4 is 14.2 Å². The van der Waals surface area contributed by atoms with E-state index in [1.165, 1.54) is 0 Å². The molecule has 178 valence electrons. The van der Waals surface area contributed by atoms with E-state index >= 15 is 0 Å². The number of hydrogen-bond acceptors (Lipinski definition) is 10. The van der Waals surface area contributed by atoms with E-state index in [1.807, 2.05) is 26.0 Å². The summed E-state index contributed by atoms with van der Waals surface area (Å²) in [6.07, 6.45) is 1.08. The van der Waals surface area contributed by atoms with Crippen LogP contribution in [0.15, 0.2) is 18.2 Å². The highest BCUT2D eigenvalue weighted by atomic mass is 32.2. The first kappa shape index (κ1) is 26.0. The number of rotatable bonds is 13. The molecule has 0 amide bonds. The van der Waals surface area contributed by atoms with Gasteiger partial charge in [0.1, 0.15) is 12.1 Å². The molecular formula is C22H32N2O7S. The van der Waals surface area contributed by atoms with Crippen molar-refractivity contribution < 1.29 is 33.3 Å². The standard InChI is InChI=1S/C22H32N2O7S/c1-5-28-18(25)10-12-24(13-11-19(26)29-6-2)32-23-15-20(27)30-17-9-7-8-16-14-22(3,4)31-21(16)17/h7-9,23H,5-6,10-15H2,1-4H3. The van der Waals surface area contributed by atoms with Crippen molar-refractivity contribution >= 4 is 30.0 Å². The van der Waals surface area contributed by atoms with Crippen molar-refractivity contribution in [2.45, 2.75) is 52.6 Å². The first-order valence-electron chi connectivity index (χ1n) is 10.7. The molecule has 0 spiro atoms. The van der Waals surface area contributed by atoms with Crippen LogP contribution in [0.25, 0.3) is 0 Å². The van der Waals surface area contributed by atoms with Crippen LogP contribution in [-0.4, -0.2) is 60.7 Å². The lowest BCUT2D eigenvalue weighted by molar-refractivity contribution is -0.143. The van der Waals surface area contributed by atoms with Crippen molar-refractivity contribution in [2.24, 2.45) is 0 Å². The van der Waals surface area contributed by atoms with E-state index in [0.29, 0.717) is 37.8 Å². The fourth-order valence-corrected chi connectivity index (χ4v) is 3.84. The van der Waals surface area contributed by atoms with Crippen LogP contribution >= 0.6 is 12.1 Å². The summed E-state index contributed by atoms with van der Waals surface area (Å²) in [6.45, 7) is 8.69. The SMILES string of the molecule is CCOC(=O)CCN(CCC(=O)OCC)SNCC(=O)Oc1cccc2c1OC(C)(C)C2. The van der Waals surface area contributed by atoms with Gasteiger partial charge in [-0.3, -0.25) is 14.4 Å². The molecule has 0 aromatic heterocycles. The van der Waals surface area contributed by atoms with Crippen molar-refractivity contribution in [3.63, 3.8) is 0 Å². The molecular weight excluding hydrogens is 436 g/mol. The third-order valence-corrected chi connectivity index (χ3v) is 5.33. The van der Waals surface area contributed by atoms with Gasteiger partial charge in [0.2, 0.25) is 0 Å². The fourth-order valence-electron chi connectivity index (χ4n) is 3.11. The van der Waals surface area contributed by atoms with Gasteiger partial charge in [0.25, 0.3) is 0 Å². The van der Waals surface area contributed by atoms with Gasteiger partial charge in [0, 0.05) is 37.2 Å². The molecule has 0 fully saturated rings. The first-order valence-corrected chi connectivity index (χ1v) is 11.5. The van der Waals surface area contributed by atoms with E-state index in [4.69, 9.17) is 18.9 Å². The molecule has 0 aliphatic carbocycles. The van der Waals surface area contributed by atoms with Gasteiger partial charge >= 0.3 is 17.9 Å². The maximum atomic E-state index is 12.3. The molecule has 1 heterocycles. The van der Waals surface area contributed by atoms with Gasteiger partial charge in [0.05, 0.1) is 26.1 Å². The predicted octanol–water partition coefficient (Wildman–Crippen LogP) is 2.67. The third kappa shape index (κ3) is 8.68. The molecule has 32 heavy (non-hydrogen) atoms. The summed E-state index contributed by atoms with van der Waals surface area (Å²) in [6, 6.07) is 5.50. The maximum Gasteiger partial charge on any atom is 0.326 e. The number of benzene rings is 1. The summed E-state index contributed by atoms with van der Waals surface area (Å²) < 4.78 is 26.0. The number of fused-ring (bicyclic) bond motifs is 1. The number of esters is 3. The van der Waals surface area contributed by atoms with Gasteiger partial charge in [-0.2, -0.15) is 0 Å². The highest BCUT2D eigenvalue weighted by molar-refractivity contribution is 7.95. The van der Waals surface area contributed by atoms with E-state index in [-0.39, 0.29) is 36.9 Å². The Morgan fingerprint density at radius 1 is 1.06 bits per heavy atom. The second-order valence-corrected chi connectivity index (χ2v) is 8.70. The predicted molar refractivity (Wildman–Crippen MR) is 120 cm³/mol. The Bertz CT molecular complexity index is 778. The number of ether oxygens (including phenoxy) is 4. The van der Waals surface area contributed by atoms with E-state index in [2.05, 4.69) is 4.72 Å². The van der Waals surface area contributed by atoms with Crippen LogP contribution in [-0.2, 0) is 30.3 Å². The van der Waals surface area contributed by atoms with Gasteiger partial charge in [-0.25, -0.2) is 9.03 Å². The molecule has 1 aromatic carbocycles. The van der Waals surface area contributed by atoms with E-state index in [1.54, 1.807) is 24.2 Å². The number of para-hydroxylation sites is 1. The molecule has 1 aliphatic heterocycles. The van der Waals surface area contributed by atoms with Crippen molar-refractivity contribution in [3.05, 3.63) is 23.8 Å². The van der Waals surface area contributed by atoms with Crippen molar-refractivity contribution in [1.82, 2.24) is 9.03 Å². The molecule has 2 rings (SSSR count). The molecule has 0 bridgehead atoms. The second-order valence-electron chi connectivity index (χ2n) is 7.71. The quantitative estimate of drug-likeness (QED) is 0.264. The van der Waals surface area contributed by atoms with E-state index < -0.39 is 5.97 Å². The zero-order valence-corrected chi connectivity index (χ0v) is 19.9. The molecule has 1 N–H and O–H groups in total. The van der Waals surface area contributed by atoms with Crippen molar-refractivity contribution in [1.29, 1.82) is 0 Å². The van der Waals surface area contributed by atoms with Crippen LogP contribution in [0.5, 0.6) is 11.5 Å². The molecule has 0 radical (unpaired) electrons. The van der Waals surface area contributed by atoms with Crippen molar-refractivity contribution in [2.75, 3.05) is 32.8 Å². The molecule has 1 aromatic rings. The summed E-state index contributed by atoms with van der Waals surface area (Å²) >= 11 is 1.14. The van der Waals surface area contributed by atoms with E-state index in [9.17, 15) is 14.4 Å². The van der Waals surface area contributed by atoms with Crippen LogP contribution in [0.1, 0.15) is 46.1 Å². The first-order chi connectivity index (χ1) is 15.2. The minimum Gasteiger partial charge on any atom is -0.483 e. The molecule has 0 unspecified atom stereocenters. The Labute approximate surface area is 193 Å². The molecule has 10 heteroatoms. The average molecular weight is 469 g/mol. The minimum absolute atomic E-state index is 0.0763. The van der Waals surface area contributed by atoms with Crippen LogP contribution in [0, 0.1) is 0 Å². The highest BCUT2D eigenvalue weighted by Crippen LogP contribution is 2.41. The number of nitrogens with zero attached hydrogens (tertiary/aromatic N) is 1. The van der Waals surface area contributed by atoms with E-state index in [0.717, 1.165) is 24.1 Å². The van der Waals surface area contributed by atoms with Gasteiger partial charge < -0.3 is 18.9 Å². The van der Waals surface area contributed by atoms with Gasteiger partial charge in [0.15, 0.2) is 11.5 Å². The van der Waals surface area contributed by atoms with Crippen LogP contribution in [0.2, 0.25) is 0 Å². The largest absolute Gasteiger partial charge is 0.483 e. The number of carbonyl (C=O) groups excluding carboxylic acids is 3. The summed E-state index contributed by atoms with van der Waals surface area (Å²) in [4.78, 5) is 35.6. The molecule has 0 atom stereocenters. The lowest BCUT2D eigenvalue weighted by atomic mass is 10.0. The number of nitrogens with one attached hydrogen (secondary N) is 1. The zero-order valence-electron chi connectivity index (χ0n) is 19.1. The maximum absolute atomic E-state index is 12.3. The second kappa shape index (κ2) is 12.7. The molecule has 0 saturated heterocycles. The lowest BCUT2D eigenvalue weighted by Crippen LogP contribution is -2.30. The smallest absolute Gasteiger partial charge is 0.326 e.